The van der Waals surface area contributed by atoms with Crippen LogP contribution in [-0.2, 0) is 9.53 Å². The Morgan fingerprint density at radius 2 is 2.10 bits per heavy atom. The summed E-state index contributed by atoms with van der Waals surface area (Å²) in [4.78, 5) is 23.6. The number of rotatable bonds is 7. The van der Waals surface area contributed by atoms with E-state index in [0.717, 1.165) is 69.6 Å². The Labute approximate surface area is 125 Å². The normalized spacial score (nSPS) is 15.1. The number of aromatic nitrogens is 2. The summed E-state index contributed by atoms with van der Waals surface area (Å²) in [6.07, 6.45) is 1.85. The van der Waals surface area contributed by atoms with Crippen LogP contribution in [-0.4, -0.2) is 67.7 Å². The van der Waals surface area contributed by atoms with E-state index in [9.17, 15) is 4.79 Å². The number of carbonyl (C=O) groups is 1. The highest BCUT2D eigenvalue weighted by atomic mass is 16.5. The number of anilines is 2. The predicted octanol–water partition coefficient (Wildman–Crippen LogP) is 0.512. The second kappa shape index (κ2) is 7.78. The third-order valence-electron chi connectivity index (χ3n) is 3.44. The van der Waals surface area contributed by atoms with Gasteiger partial charge in [0, 0.05) is 52.5 Å². The molecule has 0 saturated carbocycles. The van der Waals surface area contributed by atoms with E-state index < -0.39 is 0 Å². The Morgan fingerprint density at radius 1 is 1.33 bits per heavy atom. The molecular formula is C14H23N5O2. The van der Waals surface area contributed by atoms with Gasteiger partial charge in [0.1, 0.15) is 17.5 Å². The molecule has 1 saturated heterocycles. The summed E-state index contributed by atoms with van der Waals surface area (Å²) in [7, 11) is 1.70. The molecule has 1 aromatic rings. The van der Waals surface area contributed by atoms with E-state index in [0.29, 0.717) is 0 Å². The second-order valence-corrected chi connectivity index (χ2v) is 5.06. The maximum Gasteiger partial charge on any atom is 0.209 e. The standard InChI is InChI=1S/C14H23N5O2/c1-12-16-13(15-4-3-9-21-2)10-14(17-12)19-7-5-18(11-20)6-8-19/h10-11H,3-9H2,1-2H3,(H,15,16,17). The molecule has 21 heavy (non-hydrogen) atoms. The van der Waals surface area contributed by atoms with Crippen LogP contribution in [0.1, 0.15) is 12.2 Å². The molecule has 2 rings (SSSR count). The quantitative estimate of drug-likeness (QED) is 0.583. The number of carbonyl (C=O) groups excluding carboxylic acids is 1. The molecule has 1 fully saturated rings. The van der Waals surface area contributed by atoms with Gasteiger partial charge in [0.25, 0.3) is 0 Å². The van der Waals surface area contributed by atoms with Crippen molar-refractivity contribution in [2.75, 3.05) is 56.7 Å². The molecule has 116 valence electrons. The van der Waals surface area contributed by atoms with Crippen LogP contribution >= 0.6 is 0 Å². The summed E-state index contributed by atoms with van der Waals surface area (Å²) in [6, 6.07) is 1.97. The van der Waals surface area contributed by atoms with Crippen molar-refractivity contribution in [3.8, 4) is 0 Å². The maximum absolute atomic E-state index is 10.7. The van der Waals surface area contributed by atoms with Crippen molar-refractivity contribution in [2.24, 2.45) is 0 Å². The van der Waals surface area contributed by atoms with Gasteiger partial charge in [-0.2, -0.15) is 0 Å². The summed E-state index contributed by atoms with van der Waals surface area (Å²) in [6.45, 7) is 6.54. The molecule has 0 bridgehead atoms. The number of amides is 1. The predicted molar refractivity (Wildman–Crippen MR) is 81.6 cm³/mol. The molecule has 1 amide bonds. The van der Waals surface area contributed by atoms with Gasteiger partial charge in [0.2, 0.25) is 6.41 Å². The topological polar surface area (TPSA) is 70.6 Å². The van der Waals surface area contributed by atoms with Crippen LogP contribution in [0.25, 0.3) is 0 Å². The zero-order chi connectivity index (χ0) is 15.1. The van der Waals surface area contributed by atoms with Crippen molar-refractivity contribution < 1.29 is 9.53 Å². The monoisotopic (exact) mass is 293 g/mol. The molecule has 0 unspecified atom stereocenters. The molecule has 0 aromatic carbocycles. The Morgan fingerprint density at radius 3 is 2.76 bits per heavy atom. The van der Waals surface area contributed by atoms with Crippen LogP contribution in [0.2, 0.25) is 0 Å². The minimum absolute atomic E-state index is 0.734. The summed E-state index contributed by atoms with van der Waals surface area (Å²) < 4.78 is 5.03. The number of hydrogen-bond acceptors (Lipinski definition) is 6. The molecule has 0 aliphatic carbocycles. The van der Waals surface area contributed by atoms with E-state index in [-0.39, 0.29) is 0 Å². The fourth-order valence-corrected chi connectivity index (χ4v) is 2.29. The van der Waals surface area contributed by atoms with Crippen molar-refractivity contribution in [3.05, 3.63) is 11.9 Å². The first kappa shape index (κ1) is 15.5. The maximum atomic E-state index is 10.7. The van der Waals surface area contributed by atoms with Gasteiger partial charge in [-0.15, -0.1) is 0 Å². The molecule has 1 aliphatic rings. The lowest BCUT2D eigenvalue weighted by molar-refractivity contribution is -0.118. The van der Waals surface area contributed by atoms with Gasteiger partial charge >= 0.3 is 0 Å². The van der Waals surface area contributed by atoms with Crippen LogP contribution in [0, 0.1) is 6.92 Å². The number of methoxy groups -OCH3 is 1. The summed E-state index contributed by atoms with van der Waals surface area (Å²) in [5, 5.41) is 3.30. The van der Waals surface area contributed by atoms with E-state index in [1.54, 1.807) is 12.0 Å². The molecule has 7 heteroatoms. The van der Waals surface area contributed by atoms with Crippen molar-refractivity contribution in [3.63, 3.8) is 0 Å². The second-order valence-electron chi connectivity index (χ2n) is 5.06. The molecular weight excluding hydrogens is 270 g/mol. The largest absolute Gasteiger partial charge is 0.385 e. The van der Waals surface area contributed by atoms with Gasteiger partial charge in [-0.05, 0) is 13.3 Å². The minimum Gasteiger partial charge on any atom is -0.385 e. The molecule has 0 atom stereocenters. The van der Waals surface area contributed by atoms with Crippen molar-refractivity contribution in [1.82, 2.24) is 14.9 Å². The van der Waals surface area contributed by atoms with Crippen LogP contribution in [0.5, 0.6) is 0 Å². The molecule has 0 radical (unpaired) electrons. The number of hydrogen-bond donors (Lipinski definition) is 1. The fraction of sp³-hybridized carbons (Fsp3) is 0.643. The summed E-state index contributed by atoms with van der Waals surface area (Å²) >= 11 is 0. The Hall–Kier alpha value is -1.89. The summed E-state index contributed by atoms with van der Waals surface area (Å²) in [5.41, 5.74) is 0. The highest BCUT2D eigenvalue weighted by Crippen LogP contribution is 2.17. The lowest BCUT2D eigenvalue weighted by Crippen LogP contribution is -2.46. The van der Waals surface area contributed by atoms with Crippen molar-refractivity contribution in [2.45, 2.75) is 13.3 Å². The van der Waals surface area contributed by atoms with E-state index in [2.05, 4.69) is 20.2 Å². The first-order valence-corrected chi connectivity index (χ1v) is 7.25. The van der Waals surface area contributed by atoms with Gasteiger partial charge < -0.3 is 19.9 Å². The zero-order valence-corrected chi connectivity index (χ0v) is 12.7. The number of nitrogens with one attached hydrogen (secondary N) is 1. The van der Waals surface area contributed by atoms with E-state index >= 15 is 0 Å². The molecule has 1 aliphatic heterocycles. The molecule has 1 aromatic heterocycles. The van der Waals surface area contributed by atoms with Crippen molar-refractivity contribution in [1.29, 1.82) is 0 Å². The average molecular weight is 293 g/mol. The van der Waals surface area contributed by atoms with Gasteiger partial charge in [-0.25, -0.2) is 9.97 Å². The smallest absolute Gasteiger partial charge is 0.209 e. The highest BCUT2D eigenvalue weighted by molar-refractivity contribution is 5.52. The molecule has 7 nitrogen and oxygen atoms in total. The Kier molecular flexibility index (Phi) is 5.74. The lowest BCUT2D eigenvalue weighted by atomic mass is 10.3. The molecule has 1 N–H and O–H groups in total. The first-order valence-electron chi connectivity index (χ1n) is 7.25. The number of piperazine rings is 1. The van der Waals surface area contributed by atoms with Crippen LogP contribution in [0.3, 0.4) is 0 Å². The number of nitrogens with zero attached hydrogens (tertiary/aromatic N) is 4. The first-order chi connectivity index (χ1) is 10.2. The van der Waals surface area contributed by atoms with Gasteiger partial charge in [0.15, 0.2) is 0 Å². The SMILES string of the molecule is COCCCNc1cc(N2CCN(C=O)CC2)nc(C)n1. The van der Waals surface area contributed by atoms with E-state index in [1.165, 1.54) is 0 Å². The Balaban J connectivity index is 1.96. The average Bonchev–Trinajstić information content (AvgIpc) is 2.51. The third-order valence-corrected chi connectivity index (χ3v) is 3.44. The highest BCUT2D eigenvalue weighted by Gasteiger charge is 2.17. The Bertz CT molecular complexity index is 461. The lowest BCUT2D eigenvalue weighted by Gasteiger charge is -2.33. The van der Waals surface area contributed by atoms with Crippen LogP contribution < -0.4 is 10.2 Å². The summed E-state index contributed by atoms with van der Waals surface area (Å²) in [5.74, 6) is 2.51. The van der Waals surface area contributed by atoms with Gasteiger partial charge in [-0.1, -0.05) is 0 Å². The van der Waals surface area contributed by atoms with Gasteiger partial charge in [-0.3, -0.25) is 4.79 Å². The minimum atomic E-state index is 0.734. The van der Waals surface area contributed by atoms with Gasteiger partial charge in [0.05, 0.1) is 0 Å². The van der Waals surface area contributed by atoms with E-state index in [4.69, 9.17) is 4.74 Å². The van der Waals surface area contributed by atoms with Crippen LogP contribution in [0.15, 0.2) is 6.07 Å². The van der Waals surface area contributed by atoms with E-state index in [1.807, 2.05) is 13.0 Å². The number of ether oxygens (including phenoxy) is 1. The molecule has 0 spiro atoms. The third kappa shape index (κ3) is 4.56. The zero-order valence-electron chi connectivity index (χ0n) is 12.7. The molecule has 2 heterocycles. The van der Waals surface area contributed by atoms with Crippen molar-refractivity contribution >= 4 is 18.0 Å². The number of aryl methyl sites for hydroxylation is 1. The fourth-order valence-electron chi connectivity index (χ4n) is 2.29. The van der Waals surface area contributed by atoms with Crippen LogP contribution in [0.4, 0.5) is 11.6 Å².